The van der Waals surface area contributed by atoms with Crippen LogP contribution in [-0.2, 0) is 4.74 Å². The zero-order valence-corrected chi connectivity index (χ0v) is 11.7. The summed E-state index contributed by atoms with van der Waals surface area (Å²) < 4.78 is 5.80. The minimum atomic E-state index is -0.229. The summed E-state index contributed by atoms with van der Waals surface area (Å²) >= 11 is 0. The summed E-state index contributed by atoms with van der Waals surface area (Å²) in [7, 11) is 4.03. The van der Waals surface area contributed by atoms with E-state index in [1.54, 1.807) is 0 Å². The maximum Gasteiger partial charge on any atom is 0.108 e. The van der Waals surface area contributed by atoms with Crippen LogP contribution < -0.4 is 0 Å². The second-order valence-electron chi connectivity index (χ2n) is 5.53. The summed E-state index contributed by atoms with van der Waals surface area (Å²) in [5.74, 6) is 0.644. The smallest absolute Gasteiger partial charge is 0.108 e. The van der Waals surface area contributed by atoms with Gasteiger partial charge in [-0.2, -0.15) is 5.26 Å². The molecule has 1 aliphatic carbocycles. The van der Waals surface area contributed by atoms with Gasteiger partial charge in [-0.3, -0.25) is 4.90 Å². The second kappa shape index (κ2) is 6.37. The predicted octanol–water partition coefficient (Wildman–Crippen LogP) is 2.82. The number of hydrogen-bond acceptors (Lipinski definition) is 3. The van der Waals surface area contributed by atoms with Crippen LogP contribution in [0.15, 0.2) is 0 Å². The lowest BCUT2D eigenvalue weighted by molar-refractivity contribution is 0.0159. The molecule has 0 amide bonds. The highest BCUT2D eigenvalue weighted by Gasteiger charge is 2.37. The molecule has 3 nitrogen and oxygen atoms in total. The van der Waals surface area contributed by atoms with Crippen molar-refractivity contribution in [1.29, 1.82) is 5.26 Å². The fraction of sp³-hybridized carbons (Fsp3) is 0.929. The van der Waals surface area contributed by atoms with E-state index in [2.05, 4.69) is 24.8 Å². The molecule has 0 N–H and O–H groups in total. The predicted molar refractivity (Wildman–Crippen MR) is 69.7 cm³/mol. The number of nitrogens with zero attached hydrogens (tertiary/aromatic N) is 2. The van der Waals surface area contributed by atoms with Gasteiger partial charge < -0.3 is 4.74 Å². The second-order valence-corrected chi connectivity index (χ2v) is 5.53. The fourth-order valence-corrected chi connectivity index (χ4v) is 2.40. The Bertz CT molecular complexity index is 262. The van der Waals surface area contributed by atoms with E-state index in [4.69, 9.17) is 4.74 Å². The monoisotopic (exact) mass is 238 g/mol. The minimum Gasteiger partial charge on any atom is -0.378 e. The molecule has 1 unspecified atom stereocenters. The van der Waals surface area contributed by atoms with Crippen LogP contribution in [0.4, 0.5) is 0 Å². The zero-order chi connectivity index (χ0) is 12.9. The highest BCUT2D eigenvalue weighted by atomic mass is 16.5. The summed E-state index contributed by atoms with van der Waals surface area (Å²) in [6.45, 7) is 5.14. The van der Waals surface area contributed by atoms with Gasteiger partial charge in [-0.05, 0) is 59.0 Å². The first-order valence-corrected chi connectivity index (χ1v) is 6.74. The molecule has 0 heterocycles. The summed E-state index contributed by atoms with van der Waals surface area (Å²) in [6, 6.07) is 2.50. The van der Waals surface area contributed by atoms with Crippen molar-refractivity contribution in [1.82, 2.24) is 4.90 Å². The Hall–Kier alpha value is -0.590. The summed E-state index contributed by atoms with van der Waals surface area (Å²) in [5, 5.41) is 9.33. The molecule has 3 heteroatoms. The summed E-state index contributed by atoms with van der Waals surface area (Å²) in [4.78, 5) is 2.08. The van der Waals surface area contributed by atoms with Crippen LogP contribution in [0.3, 0.4) is 0 Å². The van der Waals surface area contributed by atoms with Crippen LogP contribution in [0.2, 0.25) is 0 Å². The number of ether oxygens (including phenoxy) is 1. The van der Waals surface area contributed by atoms with Gasteiger partial charge in [-0.15, -0.1) is 0 Å². The van der Waals surface area contributed by atoms with Crippen LogP contribution in [0.5, 0.6) is 0 Å². The average molecular weight is 238 g/mol. The first-order valence-electron chi connectivity index (χ1n) is 6.74. The Balaban J connectivity index is 2.38. The first kappa shape index (κ1) is 14.5. The van der Waals surface area contributed by atoms with Gasteiger partial charge in [-0.1, -0.05) is 6.92 Å². The maximum atomic E-state index is 9.33. The Kier molecular flexibility index (Phi) is 5.42. The lowest BCUT2D eigenvalue weighted by atomic mass is 9.77. The highest BCUT2D eigenvalue weighted by Crippen LogP contribution is 2.35. The molecule has 17 heavy (non-hydrogen) atoms. The normalized spacial score (nSPS) is 31.2. The van der Waals surface area contributed by atoms with Crippen molar-refractivity contribution in [2.75, 3.05) is 20.7 Å². The molecule has 0 bridgehead atoms. The molecular weight excluding hydrogens is 212 g/mol. The topological polar surface area (TPSA) is 36.3 Å². The van der Waals surface area contributed by atoms with Crippen molar-refractivity contribution in [3.05, 3.63) is 0 Å². The molecule has 0 aromatic carbocycles. The third-order valence-corrected chi connectivity index (χ3v) is 4.19. The number of rotatable bonds is 5. The third-order valence-electron chi connectivity index (χ3n) is 4.19. The molecule has 0 spiro atoms. The van der Waals surface area contributed by atoms with Gasteiger partial charge in [0, 0.05) is 6.61 Å². The van der Waals surface area contributed by atoms with Crippen molar-refractivity contribution in [2.45, 2.75) is 57.6 Å². The summed E-state index contributed by atoms with van der Waals surface area (Å²) in [6.07, 6.45) is 5.62. The van der Waals surface area contributed by atoms with Gasteiger partial charge in [0.15, 0.2) is 0 Å². The van der Waals surface area contributed by atoms with Crippen molar-refractivity contribution in [3.8, 4) is 6.07 Å². The van der Waals surface area contributed by atoms with Crippen molar-refractivity contribution in [2.24, 2.45) is 5.92 Å². The van der Waals surface area contributed by atoms with Crippen LogP contribution >= 0.6 is 0 Å². The Morgan fingerprint density at radius 2 is 2.00 bits per heavy atom. The molecule has 0 saturated heterocycles. The highest BCUT2D eigenvalue weighted by molar-refractivity contribution is 5.09. The summed E-state index contributed by atoms with van der Waals surface area (Å²) in [5.41, 5.74) is -0.229. The van der Waals surface area contributed by atoms with E-state index >= 15 is 0 Å². The van der Waals surface area contributed by atoms with Crippen LogP contribution in [-0.4, -0.2) is 37.2 Å². The Morgan fingerprint density at radius 3 is 2.41 bits per heavy atom. The average Bonchev–Trinajstić information content (AvgIpc) is 2.36. The number of nitriles is 1. The largest absolute Gasteiger partial charge is 0.378 e. The van der Waals surface area contributed by atoms with Crippen molar-refractivity contribution >= 4 is 0 Å². The van der Waals surface area contributed by atoms with Crippen molar-refractivity contribution in [3.63, 3.8) is 0 Å². The van der Waals surface area contributed by atoms with Gasteiger partial charge in [0.2, 0.25) is 0 Å². The lowest BCUT2D eigenvalue weighted by Gasteiger charge is -2.39. The maximum absolute atomic E-state index is 9.33. The van der Waals surface area contributed by atoms with E-state index in [1.807, 2.05) is 14.1 Å². The first-order chi connectivity index (χ1) is 8.04. The molecule has 0 radical (unpaired) electrons. The van der Waals surface area contributed by atoms with Gasteiger partial charge >= 0.3 is 0 Å². The van der Waals surface area contributed by atoms with E-state index in [9.17, 15) is 5.26 Å². The van der Waals surface area contributed by atoms with Gasteiger partial charge in [-0.25, -0.2) is 0 Å². The van der Waals surface area contributed by atoms with E-state index in [0.717, 1.165) is 38.7 Å². The molecule has 0 aromatic heterocycles. The quantitative estimate of drug-likeness (QED) is 0.739. The number of hydrogen-bond donors (Lipinski definition) is 0. The Labute approximate surface area is 106 Å². The van der Waals surface area contributed by atoms with Crippen LogP contribution in [0, 0.1) is 17.2 Å². The SMILES string of the molecule is CCC(C)OCC1CCC(C#N)(N(C)C)CC1. The van der Waals surface area contributed by atoms with Crippen LogP contribution in [0.25, 0.3) is 0 Å². The molecule has 1 fully saturated rings. The van der Waals surface area contributed by atoms with E-state index in [-0.39, 0.29) is 5.54 Å². The van der Waals surface area contributed by atoms with E-state index in [1.165, 1.54) is 0 Å². The van der Waals surface area contributed by atoms with Gasteiger partial charge in [0.25, 0.3) is 0 Å². The van der Waals surface area contributed by atoms with Crippen molar-refractivity contribution < 1.29 is 4.74 Å². The molecule has 0 aliphatic heterocycles. The molecule has 1 atom stereocenters. The zero-order valence-electron chi connectivity index (χ0n) is 11.7. The van der Waals surface area contributed by atoms with E-state index in [0.29, 0.717) is 12.0 Å². The molecule has 1 aliphatic rings. The molecule has 0 aromatic rings. The van der Waals surface area contributed by atoms with Gasteiger partial charge in [0.1, 0.15) is 5.54 Å². The molecule has 1 saturated carbocycles. The molecule has 98 valence electrons. The molecule has 1 rings (SSSR count). The van der Waals surface area contributed by atoms with E-state index < -0.39 is 0 Å². The minimum absolute atomic E-state index is 0.229. The Morgan fingerprint density at radius 1 is 1.41 bits per heavy atom. The fourth-order valence-electron chi connectivity index (χ4n) is 2.40. The van der Waals surface area contributed by atoms with Gasteiger partial charge in [0.05, 0.1) is 12.2 Å². The standard InChI is InChI=1S/C14H26N2O/c1-5-12(2)17-10-13-6-8-14(11-15,9-7-13)16(3)4/h12-13H,5-10H2,1-4H3. The van der Waals surface area contributed by atoms with Crippen LogP contribution in [0.1, 0.15) is 46.0 Å². The lowest BCUT2D eigenvalue weighted by Crippen LogP contribution is -2.46. The molecular formula is C14H26N2O. The third kappa shape index (κ3) is 3.69.